The highest BCUT2D eigenvalue weighted by Crippen LogP contribution is 2.17. The van der Waals surface area contributed by atoms with Gasteiger partial charge in [-0.1, -0.05) is 18.2 Å². The van der Waals surface area contributed by atoms with Crippen molar-refractivity contribution < 1.29 is 9.15 Å². The number of aliphatic imine (C=N–C) groups is 1. The monoisotopic (exact) mass is 415 g/mol. The molecule has 0 radical (unpaired) electrons. The van der Waals surface area contributed by atoms with Crippen LogP contribution in [0.25, 0.3) is 0 Å². The Morgan fingerprint density at radius 1 is 1.18 bits per heavy atom. The van der Waals surface area contributed by atoms with E-state index in [0.717, 1.165) is 29.6 Å². The Kier molecular flexibility index (Phi) is 8.42. The molecule has 0 spiro atoms. The van der Waals surface area contributed by atoms with Gasteiger partial charge in [-0.3, -0.25) is 0 Å². The zero-order valence-electron chi connectivity index (χ0n) is 12.8. The van der Waals surface area contributed by atoms with Crippen molar-refractivity contribution in [3.8, 4) is 5.75 Å². The van der Waals surface area contributed by atoms with E-state index in [0.29, 0.717) is 13.1 Å². The van der Waals surface area contributed by atoms with Crippen LogP contribution in [0.15, 0.2) is 52.1 Å². The summed E-state index contributed by atoms with van der Waals surface area (Å²) in [7, 11) is 1.67. The third-order valence-electron chi connectivity index (χ3n) is 2.95. The summed E-state index contributed by atoms with van der Waals surface area (Å²) in [5.41, 5.74) is 1.05. The molecule has 1 heterocycles. The maximum Gasteiger partial charge on any atom is 0.191 e. The topological polar surface area (TPSA) is 58.8 Å². The highest BCUT2D eigenvalue weighted by Gasteiger charge is 2.03. The fourth-order valence-electron chi connectivity index (χ4n) is 1.92. The zero-order valence-corrected chi connectivity index (χ0v) is 15.2. The number of hydrogen-bond acceptors (Lipinski definition) is 3. The number of para-hydroxylation sites is 1. The van der Waals surface area contributed by atoms with Crippen molar-refractivity contribution in [2.45, 2.75) is 20.0 Å². The van der Waals surface area contributed by atoms with E-state index in [2.05, 4.69) is 15.6 Å². The summed E-state index contributed by atoms with van der Waals surface area (Å²) in [6, 6.07) is 11.7. The summed E-state index contributed by atoms with van der Waals surface area (Å²) in [5.74, 6) is 2.47. The average Bonchev–Trinajstić information content (AvgIpc) is 3.03. The zero-order chi connectivity index (χ0) is 14.9. The first kappa shape index (κ1) is 18.3. The molecule has 0 bridgehead atoms. The van der Waals surface area contributed by atoms with Gasteiger partial charge in [-0.2, -0.15) is 0 Å². The van der Waals surface area contributed by atoms with Crippen LogP contribution >= 0.6 is 24.0 Å². The SMILES string of the molecule is CCNC(=NCc1ccccc1OC)NCc1ccco1.I. The molecule has 5 nitrogen and oxygen atoms in total. The predicted molar refractivity (Wildman–Crippen MR) is 98.8 cm³/mol. The first-order chi connectivity index (χ1) is 10.3. The van der Waals surface area contributed by atoms with Gasteiger partial charge >= 0.3 is 0 Å². The number of rotatable bonds is 6. The van der Waals surface area contributed by atoms with Crippen LogP contribution in [0.3, 0.4) is 0 Å². The molecule has 2 rings (SSSR count). The number of ether oxygens (including phenoxy) is 1. The number of nitrogens with one attached hydrogen (secondary N) is 2. The Bertz CT molecular complexity index is 571. The highest BCUT2D eigenvalue weighted by atomic mass is 127. The second-order valence-electron chi connectivity index (χ2n) is 4.44. The lowest BCUT2D eigenvalue weighted by Crippen LogP contribution is -2.36. The molecule has 0 aliphatic rings. The molecule has 0 aliphatic carbocycles. The van der Waals surface area contributed by atoms with Gasteiger partial charge in [0.15, 0.2) is 5.96 Å². The molecule has 1 aromatic carbocycles. The van der Waals surface area contributed by atoms with Crippen LogP contribution in [-0.4, -0.2) is 19.6 Å². The third kappa shape index (κ3) is 5.59. The molecule has 2 aromatic rings. The van der Waals surface area contributed by atoms with Gasteiger partial charge < -0.3 is 19.8 Å². The fraction of sp³-hybridized carbons (Fsp3) is 0.312. The maximum atomic E-state index is 5.33. The number of methoxy groups -OCH3 is 1. The van der Waals surface area contributed by atoms with E-state index in [4.69, 9.17) is 9.15 Å². The Morgan fingerprint density at radius 2 is 2.00 bits per heavy atom. The lowest BCUT2D eigenvalue weighted by atomic mass is 10.2. The Morgan fingerprint density at radius 3 is 2.68 bits per heavy atom. The number of furan rings is 1. The molecule has 0 fully saturated rings. The highest BCUT2D eigenvalue weighted by molar-refractivity contribution is 14.0. The van der Waals surface area contributed by atoms with E-state index in [9.17, 15) is 0 Å². The van der Waals surface area contributed by atoms with Gasteiger partial charge in [0, 0.05) is 12.1 Å². The first-order valence-corrected chi connectivity index (χ1v) is 7.00. The van der Waals surface area contributed by atoms with Crippen molar-refractivity contribution in [2.75, 3.05) is 13.7 Å². The minimum absolute atomic E-state index is 0. The summed E-state index contributed by atoms with van der Waals surface area (Å²) >= 11 is 0. The van der Waals surface area contributed by atoms with E-state index in [1.165, 1.54) is 0 Å². The molecule has 0 atom stereocenters. The van der Waals surface area contributed by atoms with Gasteiger partial charge in [0.1, 0.15) is 11.5 Å². The van der Waals surface area contributed by atoms with Crippen molar-refractivity contribution in [3.05, 3.63) is 54.0 Å². The molecule has 0 unspecified atom stereocenters. The molecule has 0 aliphatic heterocycles. The number of benzene rings is 1. The van der Waals surface area contributed by atoms with Crippen molar-refractivity contribution in [1.29, 1.82) is 0 Å². The molecule has 22 heavy (non-hydrogen) atoms. The Balaban J connectivity index is 0.00000242. The second kappa shape index (κ2) is 10.1. The quantitative estimate of drug-likeness (QED) is 0.433. The van der Waals surface area contributed by atoms with Crippen molar-refractivity contribution in [2.24, 2.45) is 4.99 Å². The minimum Gasteiger partial charge on any atom is -0.496 e. The lowest BCUT2D eigenvalue weighted by molar-refractivity contribution is 0.410. The number of guanidine groups is 1. The van der Waals surface area contributed by atoms with Gasteiger partial charge in [0.25, 0.3) is 0 Å². The van der Waals surface area contributed by atoms with E-state index >= 15 is 0 Å². The van der Waals surface area contributed by atoms with E-state index in [1.54, 1.807) is 13.4 Å². The van der Waals surface area contributed by atoms with E-state index in [1.807, 2.05) is 43.3 Å². The van der Waals surface area contributed by atoms with Crippen molar-refractivity contribution >= 4 is 29.9 Å². The van der Waals surface area contributed by atoms with Gasteiger partial charge in [-0.05, 0) is 25.1 Å². The van der Waals surface area contributed by atoms with Gasteiger partial charge in [-0.25, -0.2) is 4.99 Å². The van der Waals surface area contributed by atoms with Crippen LogP contribution in [0.5, 0.6) is 5.75 Å². The van der Waals surface area contributed by atoms with Crippen LogP contribution in [0.1, 0.15) is 18.2 Å². The van der Waals surface area contributed by atoms with E-state index < -0.39 is 0 Å². The summed E-state index contributed by atoms with van der Waals surface area (Å²) in [6.07, 6.45) is 1.66. The summed E-state index contributed by atoms with van der Waals surface area (Å²) in [4.78, 5) is 4.56. The molecule has 120 valence electrons. The van der Waals surface area contributed by atoms with E-state index in [-0.39, 0.29) is 24.0 Å². The normalized spacial score (nSPS) is 10.7. The fourth-order valence-corrected chi connectivity index (χ4v) is 1.92. The number of halogens is 1. The van der Waals surface area contributed by atoms with Crippen LogP contribution in [0, 0.1) is 0 Å². The Labute approximate surface area is 148 Å². The van der Waals surface area contributed by atoms with Crippen molar-refractivity contribution in [1.82, 2.24) is 10.6 Å². The first-order valence-electron chi connectivity index (χ1n) is 7.00. The minimum atomic E-state index is 0. The van der Waals surface area contributed by atoms with Crippen LogP contribution < -0.4 is 15.4 Å². The summed E-state index contributed by atoms with van der Waals surface area (Å²) < 4.78 is 10.6. The molecule has 0 saturated heterocycles. The maximum absolute atomic E-state index is 5.33. The third-order valence-corrected chi connectivity index (χ3v) is 2.95. The molecule has 2 N–H and O–H groups in total. The number of nitrogens with zero attached hydrogens (tertiary/aromatic N) is 1. The largest absolute Gasteiger partial charge is 0.496 e. The Hall–Kier alpha value is -1.70. The van der Waals surface area contributed by atoms with Gasteiger partial charge in [0.05, 0.1) is 26.5 Å². The van der Waals surface area contributed by atoms with Crippen LogP contribution in [0.4, 0.5) is 0 Å². The summed E-state index contributed by atoms with van der Waals surface area (Å²) in [5, 5.41) is 6.44. The molecule has 6 heteroatoms. The average molecular weight is 415 g/mol. The molecule has 1 aromatic heterocycles. The van der Waals surface area contributed by atoms with Gasteiger partial charge in [0.2, 0.25) is 0 Å². The van der Waals surface area contributed by atoms with Crippen molar-refractivity contribution in [3.63, 3.8) is 0 Å². The smallest absolute Gasteiger partial charge is 0.191 e. The molecular weight excluding hydrogens is 393 g/mol. The predicted octanol–water partition coefficient (Wildman–Crippen LogP) is 3.16. The van der Waals surface area contributed by atoms with Gasteiger partial charge in [-0.15, -0.1) is 24.0 Å². The van der Waals surface area contributed by atoms with Crippen LogP contribution in [-0.2, 0) is 13.1 Å². The molecule has 0 saturated carbocycles. The molecular formula is C16H22IN3O2. The standard InChI is InChI=1S/C16H21N3O2.HI/c1-3-17-16(19-12-14-8-6-10-21-14)18-11-13-7-4-5-9-15(13)20-2;/h4-10H,3,11-12H2,1-2H3,(H2,17,18,19);1H. The molecule has 0 amide bonds. The van der Waals surface area contributed by atoms with Crippen LogP contribution in [0.2, 0.25) is 0 Å². The number of hydrogen-bond donors (Lipinski definition) is 2. The summed E-state index contributed by atoms with van der Waals surface area (Å²) in [6.45, 7) is 3.99. The lowest BCUT2D eigenvalue weighted by Gasteiger charge is -2.11. The second-order valence-corrected chi connectivity index (χ2v) is 4.44.